The predicted molar refractivity (Wildman–Crippen MR) is 94.7 cm³/mol. The number of piperidine rings is 1. The second-order valence-corrected chi connectivity index (χ2v) is 6.60. The number of aromatic nitrogens is 6. The van der Waals surface area contributed by atoms with Crippen LogP contribution in [0.2, 0.25) is 0 Å². The summed E-state index contributed by atoms with van der Waals surface area (Å²) in [5.74, 6) is 1.16. The van der Waals surface area contributed by atoms with Gasteiger partial charge in [-0.2, -0.15) is 5.10 Å². The number of para-hydroxylation sites is 1. The molecule has 0 spiro atoms. The number of likely N-dealkylation sites (tertiary alicyclic amines) is 1. The smallest absolute Gasteiger partial charge is 0.228 e. The summed E-state index contributed by atoms with van der Waals surface area (Å²) in [6.45, 7) is 3.39. The molecule has 3 aromatic rings. The molecule has 0 aliphatic carbocycles. The Morgan fingerprint density at radius 3 is 2.92 bits per heavy atom. The van der Waals surface area contributed by atoms with Gasteiger partial charge in [-0.15, -0.1) is 5.10 Å². The standard InChI is InChI=1S/C18H21N7O/c1-13-16(21-23-25(13)15-7-3-2-4-8-15)10-17(26)24-9-5-6-14(11-24)18-19-12-20-22-18/h2-4,7-8,12,14H,5-6,9-11H2,1H3,(H,19,20,22). The topological polar surface area (TPSA) is 92.6 Å². The van der Waals surface area contributed by atoms with Gasteiger partial charge in [0, 0.05) is 19.0 Å². The third kappa shape index (κ3) is 3.22. The van der Waals surface area contributed by atoms with E-state index < -0.39 is 0 Å². The van der Waals surface area contributed by atoms with E-state index in [-0.39, 0.29) is 18.2 Å². The van der Waals surface area contributed by atoms with Gasteiger partial charge < -0.3 is 4.90 Å². The number of carbonyl (C=O) groups is 1. The van der Waals surface area contributed by atoms with Crippen LogP contribution in [0, 0.1) is 6.92 Å². The molecule has 1 saturated heterocycles. The fourth-order valence-electron chi connectivity index (χ4n) is 3.43. The number of nitrogens with one attached hydrogen (secondary N) is 1. The molecule has 3 heterocycles. The van der Waals surface area contributed by atoms with E-state index in [1.54, 1.807) is 4.68 Å². The van der Waals surface area contributed by atoms with Gasteiger partial charge in [0.15, 0.2) is 0 Å². The molecule has 1 atom stereocenters. The lowest BCUT2D eigenvalue weighted by Crippen LogP contribution is -2.40. The van der Waals surface area contributed by atoms with Crippen molar-refractivity contribution >= 4 is 5.91 Å². The highest BCUT2D eigenvalue weighted by Crippen LogP contribution is 2.24. The zero-order valence-electron chi connectivity index (χ0n) is 14.7. The van der Waals surface area contributed by atoms with Gasteiger partial charge in [0.1, 0.15) is 12.2 Å². The summed E-state index contributed by atoms with van der Waals surface area (Å²) in [5.41, 5.74) is 2.56. The number of H-pyrrole nitrogens is 1. The minimum Gasteiger partial charge on any atom is -0.342 e. The van der Waals surface area contributed by atoms with Crippen LogP contribution in [0.5, 0.6) is 0 Å². The number of benzene rings is 1. The number of carbonyl (C=O) groups excluding carboxylic acids is 1. The minimum absolute atomic E-state index is 0.0810. The zero-order chi connectivity index (χ0) is 17.9. The molecular formula is C18H21N7O. The van der Waals surface area contributed by atoms with E-state index in [0.29, 0.717) is 6.54 Å². The third-order valence-corrected chi connectivity index (χ3v) is 4.90. The van der Waals surface area contributed by atoms with Crippen molar-refractivity contribution in [3.63, 3.8) is 0 Å². The first-order chi connectivity index (χ1) is 12.7. The Balaban J connectivity index is 1.46. The highest BCUT2D eigenvalue weighted by Gasteiger charge is 2.27. The molecular weight excluding hydrogens is 330 g/mol. The minimum atomic E-state index is 0.0810. The second-order valence-electron chi connectivity index (χ2n) is 6.60. The maximum Gasteiger partial charge on any atom is 0.228 e. The Hall–Kier alpha value is -3.03. The summed E-state index contributed by atoms with van der Waals surface area (Å²) in [4.78, 5) is 18.9. The van der Waals surface area contributed by atoms with Gasteiger partial charge in [0.05, 0.1) is 23.5 Å². The van der Waals surface area contributed by atoms with Crippen LogP contribution in [0.15, 0.2) is 36.7 Å². The first-order valence-electron chi connectivity index (χ1n) is 8.82. The molecule has 134 valence electrons. The van der Waals surface area contributed by atoms with Gasteiger partial charge in [-0.3, -0.25) is 9.89 Å². The van der Waals surface area contributed by atoms with Crippen molar-refractivity contribution in [2.24, 2.45) is 0 Å². The summed E-state index contributed by atoms with van der Waals surface area (Å²) in [7, 11) is 0. The number of hydrogen-bond acceptors (Lipinski definition) is 5. The second kappa shape index (κ2) is 7.07. The van der Waals surface area contributed by atoms with Crippen molar-refractivity contribution < 1.29 is 4.79 Å². The molecule has 1 unspecified atom stereocenters. The van der Waals surface area contributed by atoms with E-state index in [1.165, 1.54) is 6.33 Å². The van der Waals surface area contributed by atoms with E-state index in [9.17, 15) is 4.79 Å². The highest BCUT2D eigenvalue weighted by atomic mass is 16.2. The molecule has 0 bridgehead atoms. The van der Waals surface area contributed by atoms with Crippen LogP contribution in [0.4, 0.5) is 0 Å². The van der Waals surface area contributed by atoms with Gasteiger partial charge in [0.2, 0.25) is 5.91 Å². The van der Waals surface area contributed by atoms with Gasteiger partial charge in [-0.25, -0.2) is 9.67 Å². The number of aromatic amines is 1. The quantitative estimate of drug-likeness (QED) is 0.771. The Morgan fingerprint density at radius 2 is 2.15 bits per heavy atom. The molecule has 2 aromatic heterocycles. The summed E-state index contributed by atoms with van der Waals surface area (Å²) < 4.78 is 1.77. The lowest BCUT2D eigenvalue weighted by molar-refractivity contribution is -0.131. The average Bonchev–Trinajstić information content (AvgIpc) is 3.34. The molecule has 1 amide bonds. The van der Waals surface area contributed by atoms with Crippen molar-refractivity contribution in [3.05, 3.63) is 53.9 Å². The largest absolute Gasteiger partial charge is 0.342 e. The normalized spacial score (nSPS) is 17.4. The summed E-state index contributed by atoms with van der Waals surface area (Å²) in [6, 6.07) is 9.82. The van der Waals surface area contributed by atoms with Crippen LogP contribution in [0.1, 0.15) is 36.0 Å². The van der Waals surface area contributed by atoms with Crippen molar-refractivity contribution in [2.45, 2.75) is 32.1 Å². The SMILES string of the molecule is Cc1c(CC(=O)N2CCCC(c3ncn[nH]3)C2)nnn1-c1ccccc1. The Labute approximate surface area is 151 Å². The fourth-order valence-corrected chi connectivity index (χ4v) is 3.43. The maximum atomic E-state index is 12.8. The summed E-state index contributed by atoms with van der Waals surface area (Å²) in [6.07, 6.45) is 3.76. The predicted octanol–water partition coefficient (Wildman–Crippen LogP) is 1.64. The average molecular weight is 351 g/mol. The molecule has 1 aliphatic heterocycles. The fraction of sp³-hybridized carbons (Fsp3) is 0.389. The van der Waals surface area contributed by atoms with E-state index in [0.717, 1.165) is 42.3 Å². The zero-order valence-corrected chi connectivity index (χ0v) is 14.7. The monoisotopic (exact) mass is 351 g/mol. The van der Waals surface area contributed by atoms with Crippen LogP contribution in [0.3, 0.4) is 0 Å². The third-order valence-electron chi connectivity index (χ3n) is 4.90. The van der Waals surface area contributed by atoms with Crippen molar-refractivity contribution in [1.82, 2.24) is 35.1 Å². The van der Waals surface area contributed by atoms with E-state index >= 15 is 0 Å². The van der Waals surface area contributed by atoms with Crippen LogP contribution in [-0.2, 0) is 11.2 Å². The molecule has 0 radical (unpaired) electrons. The number of nitrogens with zero attached hydrogens (tertiary/aromatic N) is 6. The lowest BCUT2D eigenvalue weighted by atomic mass is 9.97. The summed E-state index contributed by atoms with van der Waals surface area (Å²) >= 11 is 0. The number of amides is 1. The Kier molecular flexibility index (Phi) is 4.47. The molecule has 1 aromatic carbocycles. The van der Waals surface area contributed by atoms with E-state index in [1.807, 2.05) is 42.2 Å². The molecule has 8 heteroatoms. The molecule has 26 heavy (non-hydrogen) atoms. The molecule has 0 saturated carbocycles. The summed E-state index contributed by atoms with van der Waals surface area (Å²) in [5, 5.41) is 15.3. The Morgan fingerprint density at radius 1 is 1.31 bits per heavy atom. The lowest BCUT2D eigenvalue weighted by Gasteiger charge is -2.31. The first-order valence-corrected chi connectivity index (χ1v) is 8.82. The van der Waals surface area contributed by atoms with E-state index in [4.69, 9.17) is 0 Å². The van der Waals surface area contributed by atoms with Crippen LogP contribution in [0.25, 0.3) is 5.69 Å². The van der Waals surface area contributed by atoms with Crippen LogP contribution >= 0.6 is 0 Å². The van der Waals surface area contributed by atoms with Crippen molar-refractivity contribution in [3.8, 4) is 5.69 Å². The van der Waals surface area contributed by atoms with Crippen molar-refractivity contribution in [1.29, 1.82) is 0 Å². The van der Waals surface area contributed by atoms with E-state index in [2.05, 4.69) is 25.5 Å². The van der Waals surface area contributed by atoms with Crippen molar-refractivity contribution in [2.75, 3.05) is 13.1 Å². The first kappa shape index (κ1) is 16.4. The molecule has 1 aliphatic rings. The van der Waals surface area contributed by atoms with Gasteiger partial charge in [-0.1, -0.05) is 23.4 Å². The molecule has 8 nitrogen and oxygen atoms in total. The number of hydrogen-bond donors (Lipinski definition) is 1. The number of rotatable bonds is 4. The molecule has 4 rings (SSSR count). The van der Waals surface area contributed by atoms with Crippen LogP contribution < -0.4 is 0 Å². The Bertz CT molecular complexity index is 872. The van der Waals surface area contributed by atoms with Crippen LogP contribution in [-0.4, -0.2) is 54.1 Å². The molecule has 1 fully saturated rings. The van der Waals surface area contributed by atoms with Gasteiger partial charge in [-0.05, 0) is 31.9 Å². The maximum absolute atomic E-state index is 12.8. The van der Waals surface area contributed by atoms with Gasteiger partial charge in [0.25, 0.3) is 0 Å². The molecule has 1 N–H and O–H groups in total. The van der Waals surface area contributed by atoms with Gasteiger partial charge >= 0.3 is 0 Å². The highest BCUT2D eigenvalue weighted by molar-refractivity contribution is 5.78.